The summed E-state index contributed by atoms with van der Waals surface area (Å²) in [6.45, 7) is 2.20. The van der Waals surface area contributed by atoms with E-state index in [2.05, 4.69) is 5.32 Å². The Balaban J connectivity index is 2.11. The van der Waals surface area contributed by atoms with Gasteiger partial charge in [0, 0.05) is 13.7 Å². The molecule has 5 heteroatoms. The number of methoxy groups -OCH3 is 1. The van der Waals surface area contributed by atoms with Crippen LogP contribution >= 0.6 is 11.6 Å². The van der Waals surface area contributed by atoms with Crippen LogP contribution in [0.2, 0.25) is 5.02 Å². The summed E-state index contributed by atoms with van der Waals surface area (Å²) in [5.74, 6) is -1.20. The summed E-state index contributed by atoms with van der Waals surface area (Å²) in [7, 11) is 1.57. The summed E-state index contributed by atoms with van der Waals surface area (Å²) in [5, 5.41) is 2.75. The van der Waals surface area contributed by atoms with Gasteiger partial charge in [-0.1, -0.05) is 41.9 Å². The highest BCUT2D eigenvalue weighted by atomic mass is 35.5. The number of carbonyl (C=O) groups excluding carboxylic acids is 1. The first-order valence-electron chi connectivity index (χ1n) is 6.85. The van der Waals surface area contributed by atoms with E-state index in [0.717, 1.165) is 11.1 Å². The van der Waals surface area contributed by atoms with Crippen LogP contribution in [0.5, 0.6) is 0 Å². The summed E-state index contributed by atoms with van der Waals surface area (Å²) in [4.78, 5) is 12.1. The van der Waals surface area contributed by atoms with Gasteiger partial charge in [0.2, 0.25) is 0 Å². The predicted molar refractivity (Wildman–Crippen MR) is 84.7 cm³/mol. The van der Waals surface area contributed by atoms with Crippen molar-refractivity contribution in [1.82, 2.24) is 5.32 Å². The second-order valence-corrected chi connectivity index (χ2v) is 5.29. The predicted octanol–water partition coefficient (Wildman–Crippen LogP) is 3.91. The molecule has 2 rings (SSSR count). The average Bonchev–Trinajstić information content (AvgIpc) is 2.49. The zero-order chi connectivity index (χ0) is 16.1. The lowest BCUT2D eigenvalue weighted by Gasteiger charge is -2.18. The molecule has 0 saturated carbocycles. The number of amides is 1. The zero-order valence-corrected chi connectivity index (χ0v) is 13.2. The Labute approximate surface area is 134 Å². The largest absolute Gasteiger partial charge is 0.375 e. The number of hydrogen-bond donors (Lipinski definition) is 1. The number of hydrogen-bond acceptors (Lipinski definition) is 2. The van der Waals surface area contributed by atoms with Gasteiger partial charge in [0.15, 0.2) is 0 Å². The molecule has 0 aliphatic rings. The summed E-state index contributed by atoms with van der Waals surface area (Å²) in [6.07, 6.45) is -0.310. The van der Waals surface area contributed by atoms with Gasteiger partial charge in [0.25, 0.3) is 5.91 Å². The third-order valence-electron chi connectivity index (χ3n) is 3.46. The molecule has 2 aromatic rings. The molecule has 0 spiro atoms. The first kappa shape index (κ1) is 16.5. The molecule has 0 saturated heterocycles. The highest BCUT2D eigenvalue weighted by molar-refractivity contribution is 6.33. The standard InChI is InChI=1S/C17H17ClFNO2/c1-11-6-3-4-7-12(11)15(22-2)10-20-17(21)16-13(18)8-5-9-14(16)19/h3-9,15H,10H2,1-2H3,(H,20,21). The third kappa shape index (κ3) is 3.64. The Morgan fingerprint density at radius 1 is 1.27 bits per heavy atom. The van der Waals surface area contributed by atoms with Gasteiger partial charge in [-0.2, -0.15) is 0 Å². The molecule has 1 amide bonds. The lowest BCUT2D eigenvalue weighted by molar-refractivity contribution is 0.0823. The molecule has 0 fully saturated rings. The van der Waals surface area contributed by atoms with Crippen molar-refractivity contribution in [2.24, 2.45) is 0 Å². The lowest BCUT2D eigenvalue weighted by Crippen LogP contribution is -2.30. The van der Waals surface area contributed by atoms with Gasteiger partial charge in [-0.3, -0.25) is 4.79 Å². The quantitative estimate of drug-likeness (QED) is 0.907. The van der Waals surface area contributed by atoms with E-state index in [4.69, 9.17) is 16.3 Å². The van der Waals surface area contributed by atoms with Gasteiger partial charge in [0.05, 0.1) is 16.7 Å². The molecule has 0 bridgehead atoms. The van der Waals surface area contributed by atoms with E-state index in [1.807, 2.05) is 31.2 Å². The number of ether oxygens (including phenoxy) is 1. The number of aryl methyl sites for hydroxylation is 1. The molecule has 22 heavy (non-hydrogen) atoms. The normalized spacial score (nSPS) is 12.0. The van der Waals surface area contributed by atoms with E-state index in [0.29, 0.717) is 0 Å². The molecular formula is C17H17ClFNO2. The first-order valence-corrected chi connectivity index (χ1v) is 7.23. The maximum Gasteiger partial charge on any atom is 0.255 e. The van der Waals surface area contributed by atoms with E-state index in [9.17, 15) is 9.18 Å². The van der Waals surface area contributed by atoms with E-state index in [-0.39, 0.29) is 23.2 Å². The molecule has 0 radical (unpaired) electrons. The van der Waals surface area contributed by atoms with Crippen LogP contribution in [-0.4, -0.2) is 19.6 Å². The van der Waals surface area contributed by atoms with Crippen molar-refractivity contribution in [2.75, 3.05) is 13.7 Å². The molecule has 3 nitrogen and oxygen atoms in total. The van der Waals surface area contributed by atoms with E-state index >= 15 is 0 Å². The highest BCUT2D eigenvalue weighted by Crippen LogP contribution is 2.21. The minimum absolute atomic E-state index is 0.0855. The first-order chi connectivity index (χ1) is 10.5. The van der Waals surface area contributed by atoms with Gasteiger partial charge in [-0.15, -0.1) is 0 Å². The molecule has 2 aromatic carbocycles. The fourth-order valence-electron chi connectivity index (χ4n) is 2.26. The van der Waals surface area contributed by atoms with Crippen molar-refractivity contribution in [3.8, 4) is 0 Å². The SMILES string of the molecule is COC(CNC(=O)c1c(F)cccc1Cl)c1ccccc1C. The molecule has 1 N–H and O–H groups in total. The zero-order valence-electron chi connectivity index (χ0n) is 12.4. The fraction of sp³-hybridized carbons (Fsp3) is 0.235. The summed E-state index contributed by atoms with van der Waals surface area (Å²) >= 11 is 5.88. The smallest absolute Gasteiger partial charge is 0.255 e. The molecule has 0 aliphatic carbocycles. The summed E-state index contributed by atoms with van der Waals surface area (Å²) < 4.78 is 19.1. The topological polar surface area (TPSA) is 38.3 Å². The van der Waals surface area contributed by atoms with Crippen molar-refractivity contribution in [1.29, 1.82) is 0 Å². The lowest BCUT2D eigenvalue weighted by atomic mass is 10.0. The molecule has 0 aromatic heterocycles. The van der Waals surface area contributed by atoms with Gasteiger partial charge >= 0.3 is 0 Å². The van der Waals surface area contributed by atoms with Gasteiger partial charge in [0.1, 0.15) is 5.82 Å². The molecule has 0 heterocycles. The van der Waals surface area contributed by atoms with Gasteiger partial charge < -0.3 is 10.1 Å². The maximum atomic E-state index is 13.7. The van der Waals surface area contributed by atoms with Crippen molar-refractivity contribution < 1.29 is 13.9 Å². The van der Waals surface area contributed by atoms with E-state index < -0.39 is 11.7 Å². The Morgan fingerprint density at radius 3 is 2.64 bits per heavy atom. The maximum absolute atomic E-state index is 13.7. The highest BCUT2D eigenvalue weighted by Gasteiger charge is 2.18. The molecule has 1 unspecified atom stereocenters. The van der Waals surface area contributed by atoms with Crippen LogP contribution in [0.1, 0.15) is 27.6 Å². The van der Waals surface area contributed by atoms with Crippen LogP contribution in [-0.2, 0) is 4.74 Å². The van der Waals surface area contributed by atoms with Gasteiger partial charge in [-0.25, -0.2) is 4.39 Å². The Morgan fingerprint density at radius 2 is 2.00 bits per heavy atom. The Kier molecular flexibility index (Phi) is 5.52. The number of carbonyl (C=O) groups is 1. The van der Waals surface area contributed by atoms with Crippen molar-refractivity contribution >= 4 is 17.5 Å². The fourth-order valence-corrected chi connectivity index (χ4v) is 2.51. The monoisotopic (exact) mass is 321 g/mol. The number of benzene rings is 2. The molecule has 1 atom stereocenters. The van der Waals surface area contributed by atoms with Crippen LogP contribution in [0, 0.1) is 12.7 Å². The Bertz CT molecular complexity index is 655. The van der Waals surface area contributed by atoms with Crippen molar-refractivity contribution in [3.05, 3.63) is 70.0 Å². The second-order valence-electron chi connectivity index (χ2n) is 4.89. The van der Waals surface area contributed by atoms with Crippen LogP contribution < -0.4 is 5.32 Å². The van der Waals surface area contributed by atoms with Crippen LogP contribution in [0.15, 0.2) is 42.5 Å². The van der Waals surface area contributed by atoms with Crippen LogP contribution in [0.25, 0.3) is 0 Å². The molecular weight excluding hydrogens is 305 g/mol. The molecule has 0 aliphatic heterocycles. The van der Waals surface area contributed by atoms with Crippen LogP contribution in [0.3, 0.4) is 0 Å². The Hall–Kier alpha value is -1.91. The van der Waals surface area contributed by atoms with E-state index in [1.165, 1.54) is 18.2 Å². The van der Waals surface area contributed by atoms with Crippen molar-refractivity contribution in [2.45, 2.75) is 13.0 Å². The summed E-state index contributed by atoms with van der Waals surface area (Å²) in [5.41, 5.74) is 1.89. The van der Waals surface area contributed by atoms with Gasteiger partial charge in [-0.05, 0) is 30.2 Å². The molecule has 116 valence electrons. The van der Waals surface area contributed by atoms with E-state index in [1.54, 1.807) is 7.11 Å². The van der Waals surface area contributed by atoms with Crippen LogP contribution in [0.4, 0.5) is 4.39 Å². The number of nitrogens with one attached hydrogen (secondary N) is 1. The average molecular weight is 322 g/mol. The third-order valence-corrected chi connectivity index (χ3v) is 3.77. The minimum Gasteiger partial charge on any atom is -0.375 e. The van der Waals surface area contributed by atoms with Crippen molar-refractivity contribution in [3.63, 3.8) is 0 Å². The second kappa shape index (κ2) is 7.38. The number of rotatable bonds is 5. The minimum atomic E-state index is -0.644. The summed E-state index contributed by atoms with van der Waals surface area (Å²) in [6, 6.07) is 11.9. The number of halogens is 2.